The normalized spacial score (nSPS) is 16.0. The molecule has 0 unspecified atom stereocenters. The van der Waals surface area contributed by atoms with Crippen molar-refractivity contribution in [2.24, 2.45) is 0 Å². The van der Waals surface area contributed by atoms with Crippen LogP contribution >= 0.6 is 0 Å². The van der Waals surface area contributed by atoms with E-state index in [9.17, 15) is 17.6 Å². The third-order valence-corrected chi connectivity index (χ3v) is 7.78. The molecule has 1 aliphatic rings. The summed E-state index contributed by atoms with van der Waals surface area (Å²) < 4.78 is 43.6. The van der Waals surface area contributed by atoms with Crippen LogP contribution in [0.4, 0.5) is 15.9 Å². The summed E-state index contributed by atoms with van der Waals surface area (Å²) in [6, 6.07) is 5.03. The summed E-state index contributed by atoms with van der Waals surface area (Å²) >= 11 is 0. The largest absolute Gasteiger partial charge is 0.338 e. The molecule has 1 aromatic carbocycles. The third-order valence-electron chi connectivity index (χ3n) is 6.09. The lowest BCUT2D eigenvalue weighted by atomic mass is 9.81. The standard InChI is InChI=1S/C23H27FN6O3S/c1-15(2)29-34(32,33)19-8-7-16(13-17(19)24)27-21-20-18(9-12-26-22(20)31)30(28-21)23(14-25-3)10-5-4-6-11-23/h7-9,12-13,15,29H,4-6,10-11,14H2,1-2H3,(H,26,31)(H,27,28). The van der Waals surface area contributed by atoms with E-state index in [4.69, 9.17) is 6.57 Å². The number of nitrogens with one attached hydrogen (secondary N) is 3. The van der Waals surface area contributed by atoms with Crippen molar-refractivity contribution in [3.63, 3.8) is 0 Å². The molecule has 1 saturated carbocycles. The van der Waals surface area contributed by atoms with Gasteiger partial charge in [-0.25, -0.2) is 28.8 Å². The van der Waals surface area contributed by atoms with E-state index in [0.717, 1.165) is 38.2 Å². The van der Waals surface area contributed by atoms with E-state index in [1.807, 2.05) is 0 Å². The number of sulfonamides is 1. The molecular weight excluding hydrogens is 459 g/mol. The maximum absolute atomic E-state index is 14.8. The van der Waals surface area contributed by atoms with Crippen molar-refractivity contribution in [1.82, 2.24) is 19.5 Å². The van der Waals surface area contributed by atoms with Crippen molar-refractivity contribution < 1.29 is 12.8 Å². The second-order valence-electron chi connectivity index (χ2n) is 8.97. The Morgan fingerprint density at radius 1 is 1.26 bits per heavy atom. The monoisotopic (exact) mass is 486 g/mol. The van der Waals surface area contributed by atoms with Crippen molar-refractivity contribution in [3.8, 4) is 0 Å². The molecule has 0 saturated heterocycles. The number of H-pyrrole nitrogens is 1. The predicted octanol–water partition coefficient (Wildman–Crippen LogP) is 3.87. The minimum atomic E-state index is -4.00. The Bertz CT molecular complexity index is 1410. The Kier molecular flexibility index (Phi) is 6.47. The number of anilines is 2. The third kappa shape index (κ3) is 4.43. The topological polar surface area (TPSA) is 113 Å². The zero-order valence-electron chi connectivity index (χ0n) is 19.1. The van der Waals surface area contributed by atoms with Gasteiger partial charge < -0.3 is 15.1 Å². The Morgan fingerprint density at radius 2 is 2.00 bits per heavy atom. The summed E-state index contributed by atoms with van der Waals surface area (Å²) in [5, 5.41) is 7.97. The Balaban J connectivity index is 1.77. The first-order valence-electron chi connectivity index (χ1n) is 11.2. The SMILES string of the molecule is [C-]#[N+]CC1(n2nc(Nc3ccc(S(=O)(=O)NC(C)C)c(F)c3)c3c(=O)[nH]ccc32)CCCCC1. The number of nitrogens with zero attached hydrogens (tertiary/aromatic N) is 3. The maximum atomic E-state index is 14.8. The number of benzene rings is 1. The van der Waals surface area contributed by atoms with E-state index in [1.54, 1.807) is 30.8 Å². The maximum Gasteiger partial charge on any atom is 0.261 e. The van der Waals surface area contributed by atoms with Crippen LogP contribution in [0.2, 0.25) is 0 Å². The molecule has 0 spiro atoms. The van der Waals surface area contributed by atoms with Crippen LogP contribution in [0.15, 0.2) is 40.2 Å². The second-order valence-corrected chi connectivity index (χ2v) is 10.7. The molecule has 180 valence electrons. The molecule has 9 nitrogen and oxygen atoms in total. The van der Waals surface area contributed by atoms with Crippen LogP contribution in [-0.4, -0.2) is 35.8 Å². The van der Waals surface area contributed by atoms with Gasteiger partial charge in [-0.2, -0.15) is 5.10 Å². The first-order valence-corrected chi connectivity index (χ1v) is 12.7. The lowest BCUT2D eigenvalue weighted by Gasteiger charge is -2.33. The first kappa shape index (κ1) is 23.9. The van der Waals surface area contributed by atoms with Gasteiger partial charge in [-0.15, -0.1) is 0 Å². The fourth-order valence-corrected chi connectivity index (χ4v) is 5.94. The van der Waals surface area contributed by atoms with Gasteiger partial charge in [0, 0.05) is 17.9 Å². The van der Waals surface area contributed by atoms with Crippen LogP contribution in [0.3, 0.4) is 0 Å². The molecule has 2 aromatic heterocycles. The molecule has 2 heterocycles. The summed E-state index contributed by atoms with van der Waals surface area (Å²) in [6.45, 7) is 11.0. The quantitative estimate of drug-likeness (QED) is 0.439. The van der Waals surface area contributed by atoms with Gasteiger partial charge in [-0.1, -0.05) is 19.3 Å². The molecule has 11 heteroatoms. The first-order chi connectivity index (χ1) is 16.2. The van der Waals surface area contributed by atoms with Crippen molar-refractivity contribution in [2.45, 2.75) is 62.4 Å². The van der Waals surface area contributed by atoms with E-state index in [2.05, 4.69) is 25.0 Å². The summed E-state index contributed by atoms with van der Waals surface area (Å²) in [5.41, 5.74) is -0.0328. The van der Waals surface area contributed by atoms with Gasteiger partial charge in [0.15, 0.2) is 5.82 Å². The van der Waals surface area contributed by atoms with Crippen molar-refractivity contribution in [1.29, 1.82) is 0 Å². The molecule has 0 amide bonds. The van der Waals surface area contributed by atoms with E-state index in [1.165, 1.54) is 12.1 Å². The molecule has 3 aromatic rings. The van der Waals surface area contributed by atoms with Crippen molar-refractivity contribution >= 4 is 32.4 Å². The van der Waals surface area contributed by atoms with Crippen molar-refractivity contribution in [3.05, 3.63) is 58.1 Å². The van der Waals surface area contributed by atoms with Crippen LogP contribution < -0.4 is 15.6 Å². The van der Waals surface area contributed by atoms with Gasteiger partial charge in [-0.05, 0) is 51.0 Å². The molecule has 0 bridgehead atoms. The number of hydrogen-bond acceptors (Lipinski definition) is 5. The Labute approximate surface area is 197 Å². The lowest BCUT2D eigenvalue weighted by molar-refractivity contribution is 0.200. The van der Waals surface area contributed by atoms with Gasteiger partial charge in [0.25, 0.3) is 5.56 Å². The fraction of sp³-hybridized carbons (Fsp3) is 0.435. The molecule has 0 radical (unpaired) electrons. The minimum absolute atomic E-state index is 0.224. The lowest BCUT2D eigenvalue weighted by Crippen LogP contribution is -2.39. The van der Waals surface area contributed by atoms with Gasteiger partial charge in [0.2, 0.25) is 16.6 Å². The van der Waals surface area contributed by atoms with Gasteiger partial charge in [0.1, 0.15) is 21.6 Å². The average Bonchev–Trinajstić information content (AvgIpc) is 3.14. The molecule has 1 fully saturated rings. The highest BCUT2D eigenvalue weighted by Crippen LogP contribution is 2.38. The summed E-state index contributed by atoms with van der Waals surface area (Å²) in [6.07, 6.45) is 6.13. The molecular formula is C23H27FN6O3S. The second kappa shape index (κ2) is 9.19. The summed E-state index contributed by atoms with van der Waals surface area (Å²) in [5.74, 6) is -0.699. The molecule has 4 rings (SSSR count). The molecule has 3 N–H and O–H groups in total. The summed E-state index contributed by atoms with van der Waals surface area (Å²) in [7, 11) is -4.00. The van der Waals surface area contributed by atoms with E-state index < -0.39 is 26.3 Å². The Hall–Kier alpha value is -3.23. The minimum Gasteiger partial charge on any atom is -0.338 e. The zero-order chi connectivity index (χ0) is 24.5. The summed E-state index contributed by atoms with van der Waals surface area (Å²) in [4.78, 5) is 18.6. The van der Waals surface area contributed by atoms with Gasteiger partial charge in [0.05, 0.1) is 5.52 Å². The van der Waals surface area contributed by atoms with E-state index >= 15 is 0 Å². The fourth-order valence-electron chi connectivity index (χ4n) is 4.63. The number of halogens is 1. The highest BCUT2D eigenvalue weighted by Gasteiger charge is 2.40. The highest BCUT2D eigenvalue weighted by molar-refractivity contribution is 7.89. The van der Waals surface area contributed by atoms with E-state index in [-0.39, 0.29) is 29.7 Å². The Morgan fingerprint density at radius 3 is 2.65 bits per heavy atom. The van der Waals surface area contributed by atoms with Crippen LogP contribution in [0, 0.1) is 12.4 Å². The predicted molar refractivity (Wildman–Crippen MR) is 128 cm³/mol. The number of aromatic nitrogens is 3. The van der Waals surface area contributed by atoms with Crippen LogP contribution in [0.25, 0.3) is 15.7 Å². The van der Waals surface area contributed by atoms with Crippen LogP contribution in [-0.2, 0) is 15.6 Å². The van der Waals surface area contributed by atoms with Gasteiger partial charge >= 0.3 is 0 Å². The molecule has 0 aliphatic heterocycles. The van der Waals surface area contributed by atoms with Gasteiger partial charge in [-0.3, -0.25) is 4.79 Å². The number of fused-ring (bicyclic) bond motifs is 1. The molecule has 1 aliphatic carbocycles. The smallest absolute Gasteiger partial charge is 0.261 e. The van der Waals surface area contributed by atoms with Crippen LogP contribution in [0.1, 0.15) is 46.0 Å². The molecule has 34 heavy (non-hydrogen) atoms. The number of hydrogen-bond donors (Lipinski definition) is 3. The zero-order valence-corrected chi connectivity index (χ0v) is 19.9. The number of aromatic amines is 1. The van der Waals surface area contributed by atoms with Crippen LogP contribution in [0.5, 0.6) is 0 Å². The molecule has 0 atom stereocenters. The highest BCUT2D eigenvalue weighted by atomic mass is 32.2. The average molecular weight is 487 g/mol. The van der Waals surface area contributed by atoms with E-state index in [0.29, 0.717) is 10.9 Å². The number of pyridine rings is 1. The number of rotatable bonds is 7. The van der Waals surface area contributed by atoms with Crippen molar-refractivity contribution in [2.75, 3.05) is 11.9 Å².